The molecule has 0 aromatic heterocycles. The van der Waals surface area contributed by atoms with Gasteiger partial charge in [0.2, 0.25) is 11.8 Å². The molecule has 1 aromatic carbocycles. The van der Waals surface area contributed by atoms with Crippen LogP contribution >= 0.6 is 0 Å². The van der Waals surface area contributed by atoms with Gasteiger partial charge in [0.1, 0.15) is 0 Å². The molecule has 2 heterocycles. The summed E-state index contributed by atoms with van der Waals surface area (Å²) in [5.41, 5.74) is 2.28. The lowest BCUT2D eigenvalue weighted by Crippen LogP contribution is -2.31. The number of rotatable bonds is 5. The summed E-state index contributed by atoms with van der Waals surface area (Å²) in [7, 11) is 0. The maximum absolute atomic E-state index is 12.5. The van der Waals surface area contributed by atoms with Crippen LogP contribution in [0.4, 0.5) is 5.69 Å². The van der Waals surface area contributed by atoms with Crippen LogP contribution in [0, 0.1) is 11.3 Å². The highest BCUT2D eigenvalue weighted by Crippen LogP contribution is 2.58. The number of nitrogens with zero attached hydrogens (tertiary/aromatic N) is 1. The molecule has 1 atom stereocenters. The first-order chi connectivity index (χ1) is 12.7. The Morgan fingerprint density at radius 1 is 1.12 bits per heavy atom. The lowest BCUT2D eigenvalue weighted by molar-refractivity contribution is -0.130. The molecule has 3 fully saturated rings. The van der Waals surface area contributed by atoms with E-state index in [0.717, 1.165) is 76.0 Å². The standard InChI is InChI=1S/C21H29N3O2/c25-19(24-13-1-2-14-24)8-5-16-3-6-17(7-4-16)23-20(26)18-15-21(18)9-11-22-12-10-21/h3-4,6-7,18,22H,1-2,5,8-15H2,(H,23,26). The van der Waals surface area contributed by atoms with Crippen molar-refractivity contribution in [2.75, 3.05) is 31.5 Å². The number of carbonyl (C=O) groups excluding carboxylic acids is 2. The second-order valence-corrected chi connectivity index (χ2v) is 8.14. The topological polar surface area (TPSA) is 61.4 Å². The van der Waals surface area contributed by atoms with Gasteiger partial charge < -0.3 is 15.5 Å². The molecular formula is C21H29N3O2. The molecule has 0 radical (unpaired) electrons. The van der Waals surface area contributed by atoms with Crippen LogP contribution in [-0.4, -0.2) is 42.9 Å². The van der Waals surface area contributed by atoms with Gasteiger partial charge in [0.05, 0.1) is 0 Å². The first-order valence-corrected chi connectivity index (χ1v) is 10.0. The van der Waals surface area contributed by atoms with Gasteiger partial charge in [-0.3, -0.25) is 9.59 Å². The average Bonchev–Trinajstić information content (AvgIpc) is 3.09. The van der Waals surface area contributed by atoms with E-state index in [1.54, 1.807) is 0 Å². The van der Waals surface area contributed by atoms with Crippen LogP contribution in [0.25, 0.3) is 0 Å². The molecule has 4 rings (SSSR count). The Kier molecular flexibility index (Phi) is 4.98. The van der Waals surface area contributed by atoms with E-state index in [1.807, 2.05) is 29.2 Å². The van der Waals surface area contributed by atoms with Crippen LogP contribution in [-0.2, 0) is 16.0 Å². The van der Waals surface area contributed by atoms with Gasteiger partial charge >= 0.3 is 0 Å². The smallest absolute Gasteiger partial charge is 0.228 e. The van der Waals surface area contributed by atoms with Gasteiger partial charge in [-0.15, -0.1) is 0 Å². The molecule has 1 aromatic rings. The van der Waals surface area contributed by atoms with E-state index in [4.69, 9.17) is 0 Å². The number of benzene rings is 1. The van der Waals surface area contributed by atoms with Crippen molar-refractivity contribution in [3.63, 3.8) is 0 Å². The zero-order valence-electron chi connectivity index (χ0n) is 15.4. The van der Waals surface area contributed by atoms with Gasteiger partial charge in [-0.25, -0.2) is 0 Å². The average molecular weight is 355 g/mol. The van der Waals surface area contributed by atoms with Crippen molar-refractivity contribution in [2.45, 2.75) is 44.9 Å². The van der Waals surface area contributed by atoms with Gasteiger partial charge in [-0.2, -0.15) is 0 Å². The van der Waals surface area contributed by atoms with Crippen molar-refractivity contribution in [1.82, 2.24) is 10.2 Å². The fraction of sp³-hybridized carbons (Fsp3) is 0.619. The number of anilines is 1. The normalized spacial score (nSPS) is 23.8. The molecule has 1 saturated carbocycles. The molecule has 2 saturated heterocycles. The predicted octanol–water partition coefficient (Wildman–Crippen LogP) is 2.57. The fourth-order valence-corrected chi connectivity index (χ4v) is 4.56. The van der Waals surface area contributed by atoms with Crippen molar-refractivity contribution < 1.29 is 9.59 Å². The van der Waals surface area contributed by atoms with Crippen molar-refractivity contribution in [3.05, 3.63) is 29.8 Å². The van der Waals surface area contributed by atoms with Crippen LogP contribution in [0.15, 0.2) is 24.3 Å². The number of nitrogens with one attached hydrogen (secondary N) is 2. The highest BCUT2D eigenvalue weighted by atomic mass is 16.2. The SMILES string of the molecule is O=C(Nc1ccc(CCC(=O)N2CCCC2)cc1)C1CC12CCNCC2. The van der Waals surface area contributed by atoms with E-state index in [-0.39, 0.29) is 23.1 Å². The third kappa shape index (κ3) is 3.78. The second kappa shape index (κ2) is 7.39. The zero-order chi connectivity index (χ0) is 18.0. The van der Waals surface area contributed by atoms with E-state index in [0.29, 0.717) is 6.42 Å². The minimum atomic E-state index is 0.170. The number of amides is 2. The summed E-state index contributed by atoms with van der Waals surface area (Å²) in [6.07, 6.45) is 6.89. The fourth-order valence-electron chi connectivity index (χ4n) is 4.56. The van der Waals surface area contributed by atoms with Gasteiger partial charge in [-0.1, -0.05) is 12.1 Å². The number of hydrogen-bond donors (Lipinski definition) is 2. The molecule has 26 heavy (non-hydrogen) atoms. The van der Waals surface area contributed by atoms with Gasteiger partial charge in [0, 0.05) is 31.1 Å². The zero-order valence-corrected chi connectivity index (χ0v) is 15.4. The van der Waals surface area contributed by atoms with Crippen molar-refractivity contribution >= 4 is 17.5 Å². The summed E-state index contributed by atoms with van der Waals surface area (Å²) in [5.74, 6) is 0.618. The quantitative estimate of drug-likeness (QED) is 0.853. The molecule has 2 N–H and O–H groups in total. The highest BCUT2D eigenvalue weighted by Gasteiger charge is 2.57. The number of carbonyl (C=O) groups is 2. The summed E-state index contributed by atoms with van der Waals surface area (Å²) in [6, 6.07) is 7.98. The molecule has 0 bridgehead atoms. The van der Waals surface area contributed by atoms with Crippen LogP contribution in [0.3, 0.4) is 0 Å². The Morgan fingerprint density at radius 3 is 2.50 bits per heavy atom. The van der Waals surface area contributed by atoms with Crippen LogP contribution in [0.1, 0.15) is 44.1 Å². The molecular weight excluding hydrogens is 326 g/mol. The summed E-state index contributed by atoms with van der Waals surface area (Å²) in [5, 5.41) is 6.45. The van der Waals surface area contributed by atoms with Crippen LogP contribution in [0.5, 0.6) is 0 Å². The van der Waals surface area contributed by atoms with Crippen molar-refractivity contribution in [2.24, 2.45) is 11.3 Å². The Bertz CT molecular complexity index is 658. The lowest BCUT2D eigenvalue weighted by atomic mass is 9.92. The Morgan fingerprint density at radius 2 is 1.81 bits per heavy atom. The van der Waals surface area contributed by atoms with Crippen molar-refractivity contribution in [1.29, 1.82) is 0 Å². The summed E-state index contributed by atoms with van der Waals surface area (Å²) >= 11 is 0. The number of likely N-dealkylation sites (tertiary alicyclic amines) is 1. The molecule has 1 aliphatic carbocycles. The molecule has 2 amide bonds. The van der Waals surface area contributed by atoms with E-state index >= 15 is 0 Å². The minimum Gasteiger partial charge on any atom is -0.343 e. The molecule has 1 spiro atoms. The number of piperidine rings is 1. The molecule has 5 heteroatoms. The highest BCUT2D eigenvalue weighted by molar-refractivity contribution is 5.95. The lowest BCUT2D eigenvalue weighted by Gasteiger charge is -2.23. The monoisotopic (exact) mass is 355 g/mol. The Hall–Kier alpha value is -1.88. The van der Waals surface area contributed by atoms with Gasteiger partial charge in [-0.05, 0) is 74.7 Å². The molecule has 3 aliphatic rings. The number of aryl methyl sites for hydroxylation is 1. The Balaban J connectivity index is 1.25. The first kappa shape index (κ1) is 17.5. The molecule has 2 aliphatic heterocycles. The van der Waals surface area contributed by atoms with E-state index in [9.17, 15) is 9.59 Å². The minimum absolute atomic E-state index is 0.170. The second-order valence-electron chi connectivity index (χ2n) is 8.14. The summed E-state index contributed by atoms with van der Waals surface area (Å²) in [4.78, 5) is 26.6. The van der Waals surface area contributed by atoms with Crippen LogP contribution in [0.2, 0.25) is 0 Å². The largest absolute Gasteiger partial charge is 0.343 e. The van der Waals surface area contributed by atoms with E-state index in [1.165, 1.54) is 0 Å². The maximum Gasteiger partial charge on any atom is 0.228 e. The summed E-state index contributed by atoms with van der Waals surface area (Å²) in [6.45, 7) is 3.91. The first-order valence-electron chi connectivity index (χ1n) is 10.0. The predicted molar refractivity (Wildman–Crippen MR) is 102 cm³/mol. The van der Waals surface area contributed by atoms with E-state index < -0.39 is 0 Å². The van der Waals surface area contributed by atoms with Gasteiger partial charge in [0.15, 0.2) is 0 Å². The van der Waals surface area contributed by atoms with E-state index in [2.05, 4.69) is 10.6 Å². The maximum atomic E-state index is 12.5. The van der Waals surface area contributed by atoms with Gasteiger partial charge in [0.25, 0.3) is 0 Å². The molecule has 5 nitrogen and oxygen atoms in total. The van der Waals surface area contributed by atoms with Crippen LogP contribution < -0.4 is 10.6 Å². The third-order valence-corrected chi connectivity index (χ3v) is 6.41. The summed E-state index contributed by atoms with van der Waals surface area (Å²) < 4.78 is 0. The molecule has 140 valence electrons. The Labute approximate surface area is 155 Å². The number of hydrogen-bond acceptors (Lipinski definition) is 3. The third-order valence-electron chi connectivity index (χ3n) is 6.41. The van der Waals surface area contributed by atoms with Crippen molar-refractivity contribution in [3.8, 4) is 0 Å². The molecule has 1 unspecified atom stereocenters.